The van der Waals surface area contributed by atoms with Gasteiger partial charge in [-0.15, -0.1) is 0 Å². The van der Waals surface area contributed by atoms with Gasteiger partial charge in [-0.3, -0.25) is 4.90 Å². The van der Waals surface area contributed by atoms with Crippen molar-refractivity contribution in [3.05, 3.63) is 28.2 Å². The molecule has 0 heterocycles. The molecule has 0 aliphatic heterocycles. The summed E-state index contributed by atoms with van der Waals surface area (Å²) in [5.74, 6) is 0. The lowest BCUT2D eigenvalue weighted by Crippen LogP contribution is -2.22. The van der Waals surface area contributed by atoms with E-state index in [0.717, 1.165) is 4.90 Å². The van der Waals surface area contributed by atoms with Crippen LogP contribution in [0.3, 0.4) is 0 Å². The second kappa shape index (κ2) is 3.85. The fraction of sp³-hybridized carbons (Fsp3) is 0.125. The largest absolute Gasteiger partial charge is 0.457 e. The zero-order valence-electron chi connectivity index (χ0n) is 6.75. The Morgan fingerprint density at radius 2 is 1.69 bits per heavy atom. The van der Waals surface area contributed by atoms with Gasteiger partial charge in [0.1, 0.15) is 0 Å². The highest BCUT2D eigenvalue weighted by Crippen LogP contribution is 2.24. The van der Waals surface area contributed by atoms with Crippen molar-refractivity contribution in [2.75, 3.05) is 11.9 Å². The van der Waals surface area contributed by atoms with Crippen molar-refractivity contribution in [2.45, 2.75) is 0 Å². The molecule has 0 spiro atoms. The summed E-state index contributed by atoms with van der Waals surface area (Å²) < 4.78 is 0. The van der Waals surface area contributed by atoms with E-state index in [1.54, 1.807) is 0 Å². The Labute approximate surface area is 85.5 Å². The van der Waals surface area contributed by atoms with Gasteiger partial charge >= 0.3 is 6.09 Å². The first-order valence-electron chi connectivity index (χ1n) is 3.41. The summed E-state index contributed by atoms with van der Waals surface area (Å²) in [6, 6.07) is 4.50. The first-order chi connectivity index (χ1) is 6.00. The van der Waals surface area contributed by atoms with Crippen molar-refractivity contribution in [3.63, 3.8) is 0 Å². The minimum atomic E-state index is -1.31. The average Bonchev–Trinajstić information content (AvgIpc) is 2.01. The molecule has 5 heteroatoms. The SMILES string of the molecule is CN(C([O])=O)c1cc(Cl)cc(Cl)c1. The quantitative estimate of drug-likeness (QED) is 0.715. The van der Waals surface area contributed by atoms with Gasteiger partial charge in [-0.1, -0.05) is 23.2 Å². The van der Waals surface area contributed by atoms with E-state index in [9.17, 15) is 9.90 Å². The Kier molecular flexibility index (Phi) is 3.01. The first-order valence-corrected chi connectivity index (χ1v) is 4.17. The standard InChI is InChI=1S/C8H6Cl2NO2/c1-11(8(12)13)7-3-5(9)2-6(10)4-7/h2-4H,1H3. The Bertz CT molecular complexity index is 321. The number of nitrogens with zero attached hydrogens (tertiary/aromatic N) is 1. The number of hydrogen-bond acceptors (Lipinski definition) is 1. The minimum Gasteiger partial charge on any atom is -0.278 e. The lowest BCUT2D eigenvalue weighted by atomic mass is 10.3. The molecule has 1 rings (SSSR count). The molecule has 0 fully saturated rings. The third-order valence-electron chi connectivity index (χ3n) is 1.51. The van der Waals surface area contributed by atoms with Crippen LogP contribution in [-0.2, 0) is 5.11 Å². The maximum absolute atomic E-state index is 10.5. The molecule has 0 saturated carbocycles. The number of amides is 1. The van der Waals surface area contributed by atoms with Crippen molar-refractivity contribution < 1.29 is 9.90 Å². The molecule has 0 bridgehead atoms. The van der Waals surface area contributed by atoms with Crippen LogP contribution in [-0.4, -0.2) is 13.1 Å². The maximum atomic E-state index is 10.5. The van der Waals surface area contributed by atoms with Crippen LogP contribution in [0.4, 0.5) is 10.5 Å². The molecule has 0 aliphatic carbocycles. The number of halogens is 2. The van der Waals surface area contributed by atoms with Crippen molar-refractivity contribution in [1.82, 2.24) is 0 Å². The number of carbonyl (C=O) groups is 1. The molecular formula is C8H6Cl2NO2. The number of carbonyl (C=O) groups excluding carboxylic acids is 1. The average molecular weight is 219 g/mol. The molecule has 0 aromatic heterocycles. The number of rotatable bonds is 1. The summed E-state index contributed by atoms with van der Waals surface area (Å²) in [5, 5.41) is 11.2. The van der Waals surface area contributed by atoms with E-state index in [1.165, 1.54) is 25.2 Å². The van der Waals surface area contributed by atoms with Gasteiger partial charge in [0.25, 0.3) is 0 Å². The molecule has 3 nitrogen and oxygen atoms in total. The van der Waals surface area contributed by atoms with Crippen LogP contribution >= 0.6 is 23.2 Å². The van der Waals surface area contributed by atoms with Gasteiger partial charge in [-0.05, 0) is 18.2 Å². The van der Waals surface area contributed by atoms with Crippen molar-refractivity contribution in [1.29, 1.82) is 0 Å². The zero-order valence-corrected chi connectivity index (χ0v) is 8.26. The van der Waals surface area contributed by atoms with Crippen LogP contribution in [0.2, 0.25) is 10.0 Å². The molecule has 0 N–H and O–H groups in total. The van der Waals surface area contributed by atoms with E-state index in [0.29, 0.717) is 15.7 Å². The minimum absolute atomic E-state index is 0.385. The summed E-state index contributed by atoms with van der Waals surface area (Å²) in [5.41, 5.74) is 0.387. The van der Waals surface area contributed by atoms with Gasteiger partial charge in [0.05, 0.1) is 0 Å². The van der Waals surface area contributed by atoms with Crippen molar-refractivity contribution in [3.8, 4) is 0 Å². The predicted octanol–water partition coefficient (Wildman–Crippen LogP) is 2.98. The molecule has 13 heavy (non-hydrogen) atoms. The molecule has 1 amide bonds. The Morgan fingerprint density at radius 1 is 1.23 bits per heavy atom. The molecule has 0 saturated heterocycles. The van der Waals surface area contributed by atoms with Gasteiger partial charge < -0.3 is 0 Å². The Morgan fingerprint density at radius 3 is 2.08 bits per heavy atom. The van der Waals surface area contributed by atoms with E-state index in [2.05, 4.69) is 0 Å². The Balaban J connectivity index is 3.07. The highest BCUT2D eigenvalue weighted by Gasteiger charge is 2.11. The molecule has 1 aromatic carbocycles. The van der Waals surface area contributed by atoms with Crippen LogP contribution in [0.15, 0.2) is 18.2 Å². The summed E-state index contributed by atoms with van der Waals surface area (Å²) in [4.78, 5) is 11.4. The van der Waals surface area contributed by atoms with E-state index in [1.807, 2.05) is 0 Å². The maximum Gasteiger partial charge on any atom is 0.457 e. The molecule has 1 radical (unpaired) electrons. The van der Waals surface area contributed by atoms with Crippen LogP contribution in [0.25, 0.3) is 0 Å². The molecule has 1 aromatic rings. The molecule has 0 atom stereocenters. The summed E-state index contributed by atoms with van der Waals surface area (Å²) in [6.45, 7) is 0. The fourth-order valence-electron chi connectivity index (χ4n) is 0.838. The van der Waals surface area contributed by atoms with Crippen molar-refractivity contribution >= 4 is 35.0 Å². The van der Waals surface area contributed by atoms with Gasteiger partial charge in [0.2, 0.25) is 0 Å². The van der Waals surface area contributed by atoms with E-state index in [4.69, 9.17) is 23.2 Å². The molecule has 69 valence electrons. The van der Waals surface area contributed by atoms with E-state index < -0.39 is 6.09 Å². The highest BCUT2D eigenvalue weighted by atomic mass is 35.5. The third kappa shape index (κ3) is 2.50. The second-order valence-electron chi connectivity index (χ2n) is 2.45. The summed E-state index contributed by atoms with van der Waals surface area (Å²) in [7, 11) is 1.36. The lowest BCUT2D eigenvalue weighted by molar-refractivity contribution is 0.178. The predicted molar refractivity (Wildman–Crippen MR) is 50.9 cm³/mol. The van der Waals surface area contributed by atoms with Crippen LogP contribution in [0.5, 0.6) is 0 Å². The van der Waals surface area contributed by atoms with Gasteiger partial charge in [-0.2, -0.15) is 0 Å². The van der Waals surface area contributed by atoms with E-state index in [-0.39, 0.29) is 0 Å². The zero-order chi connectivity index (χ0) is 10.0. The Hall–Kier alpha value is -0.930. The molecular weight excluding hydrogens is 213 g/mol. The normalized spacial score (nSPS) is 9.77. The summed E-state index contributed by atoms with van der Waals surface area (Å²) in [6.07, 6.45) is -1.31. The summed E-state index contributed by atoms with van der Waals surface area (Å²) >= 11 is 11.3. The fourth-order valence-corrected chi connectivity index (χ4v) is 1.35. The topological polar surface area (TPSA) is 40.2 Å². The van der Waals surface area contributed by atoms with Crippen LogP contribution in [0.1, 0.15) is 0 Å². The van der Waals surface area contributed by atoms with Gasteiger partial charge in [-0.25, -0.2) is 9.90 Å². The number of hydrogen-bond donors (Lipinski definition) is 0. The second-order valence-corrected chi connectivity index (χ2v) is 3.33. The van der Waals surface area contributed by atoms with Gasteiger partial charge in [0, 0.05) is 22.8 Å². The molecule has 0 aliphatic rings. The molecule has 0 unspecified atom stereocenters. The van der Waals surface area contributed by atoms with Gasteiger partial charge in [0.15, 0.2) is 0 Å². The lowest BCUT2D eigenvalue weighted by Gasteiger charge is -2.11. The highest BCUT2D eigenvalue weighted by molar-refractivity contribution is 6.35. The first kappa shape index (κ1) is 10.2. The smallest absolute Gasteiger partial charge is 0.278 e. The van der Waals surface area contributed by atoms with E-state index >= 15 is 0 Å². The number of benzene rings is 1. The third-order valence-corrected chi connectivity index (χ3v) is 1.94. The van der Waals surface area contributed by atoms with Crippen molar-refractivity contribution in [2.24, 2.45) is 0 Å². The van der Waals surface area contributed by atoms with Crippen LogP contribution < -0.4 is 4.90 Å². The van der Waals surface area contributed by atoms with Crippen LogP contribution in [0, 0.1) is 0 Å². The number of anilines is 1. The monoisotopic (exact) mass is 218 g/mol.